The molecule has 22 heavy (non-hydrogen) atoms. The minimum atomic E-state index is -1.04. The molecule has 5 nitrogen and oxygen atoms in total. The van der Waals surface area contributed by atoms with Crippen LogP contribution in [0.3, 0.4) is 0 Å². The molecule has 1 aromatic heterocycles. The number of furan rings is 1. The van der Waals surface area contributed by atoms with Crippen LogP contribution in [-0.4, -0.2) is 32.2 Å². The molecule has 1 N–H and O–H groups in total. The predicted molar refractivity (Wildman–Crippen MR) is 92.4 cm³/mol. The summed E-state index contributed by atoms with van der Waals surface area (Å²) in [4.78, 5) is 25.5. The number of rotatable bonds is 6. The van der Waals surface area contributed by atoms with Crippen molar-refractivity contribution in [2.75, 3.05) is 0 Å². The van der Waals surface area contributed by atoms with Gasteiger partial charge in [0.25, 0.3) is 5.91 Å². The molecule has 8 heteroatoms. The summed E-state index contributed by atoms with van der Waals surface area (Å²) < 4.78 is 6.16. The number of carbonyl (C=O) groups is 2. The van der Waals surface area contributed by atoms with Crippen molar-refractivity contribution in [1.29, 1.82) is 0 Å². The molecule has 1 aliphatic rings. The number of halogens is 1. The van der Waals surface area contributed by atoms with Crippen LogP contribution in [0.1, 0.15) is 31.9 Å². The zero-order chi connectivity index (χ0) is 16.3. The third-order valence-electron chi connectivity index (χ3n) is 3.12. The van der Waals surface area contributed by atoms with E-state index in [-0.39, 0.29) is 10.2 Å². The molecule has 0 radical (unpaired) electrons. The van der Waals surface area contributed by atoms with Gasteiger partial charge in [-0.1, -0.05) is 43.7 Å². The molecule has 118 valence electrons. The molecule has 1 fully saturated rings. The van der Waals surface area contributed by atoms with Crippen LogP contribution in [0.15, 0.2) is 26.1 Å². The van der Waals surface area contributed by atoms with Crippen LogP contribution in [-0.2, 0) is 9.59 Å². The van der Waals surface area contributed by atoms with Gasteiger partial charge < -0.3 is 9.52 Å². The van der Waals surface area contributed by atoms with E-state index in [9.17, 15) is 14.7 Å². The number of hydrogen-bond donors (Lipinski definition) is 1. The van der Waals surface area contributed by atoms with Crippen molar-refractivity contribution in [3.05, 3.63) is 27.5 Å². The lowest BCUT2D eigenvalue weighted by Gasteiger charge is -2.22. The van der Waals surface area contributed by atoms with Crippen LogP contribution >= 0.6 is 39.9 Å². The van der Waals surface area contributed by atoms with Crippen molar-refractivity contribution in [3.8, 4) is 0 Å². The molecule has 0 spiro atoms. The van der Waals surface area contributed by atoms with E-state index < -0.39 is 12.0 Å². The second kappa shape index (κ2) is 7.43. The quantitative estimate of drug-likeness (QED) is 0.573. The standard InChI is InChI=1S/C14H14BrNO4S2/c1-2-3-4-9(13(18)19)16-12(17)10(22-14(16)21)7-8-5-6-11(15)20-8/h5-7,9H,2-4H2,1H3,(H,18,19). The number of carbonyl (C=O) groups excluding carboxylic acids is 1. The SMILES string of the molecule is CCCCC(C(=O)O)N1C(=O)C(=Cc2ccc(Br)o2)SC1=S. The molecular formula is C14H14BrNO4S2. The molecule has 2 rings (SSSR count). The second-order valence-electron chi connectivity index (χ2n) is 4.69. The normalized spacial score (nSPS) is 18.3. The average molecular weight is 404 g/mol. The van der Waals surface area contributed by atoms with Crippen molar-refractivity contribution in [3.63, 3.8) is 0 Å². The van der Waals surface area contributed by atoms with Gasteiger partial charge in [0.2, 0.25) is 0 Å². The van der Waals surface area contributed by atoms with E-state index in [4.69, 9.17) is 16.6 Å². The second-order valence-corrected chi connectivity index (χ2v) is 7.15. The molecule has 1 unspecified atom stereocenters. The Morgan fingerprint density at radius 3 is 2.86 bits per heavy atom. The van der Waals surface area contributed by atoms with E-state index in [1.54, 1.807) is 18.2 Å². The maximum atomic E-state index is 12.5. The summed E-state index contributed by atoms with van der Waals surface area (Å²) in [7, 11) is 0. The lowest BCUT2D eigenvalue weighted by Crippen LogP contribution is -2.43. The number of hydrogen-bond acceptors (Lipinski definition) is 5. The minimum Gasteiger partial charge on any atom is -0.480 e. The number of unbranched alkanes of at least 4 members (excludes halogenated alkanes) is 1. The summed E-state index contributed by atoms with van der Waals surface area (Å²) >= 11 is 9.47. The smallest absolute Gasteiger partial charge is 0.326 e. The van der Waals surface area contributed by atoms with Gasteiger partial charge in [0.15, 0.2) is 4.67 Å². The number of nitrogens with zero attached hydrogens (tertiary/aromatic N) is 1. The molecule has 1 aliphatic heterocycles. The van der Waals surface area contributed by atoms with E-state index in [1.807, 2.05) is 6.92 Å². The highest BCUT2D eigenvalue weighted by Crippen LogP contribution is 2.35. The Labute approximate surface area is 145 Å². The summed E-state index contributed by atoms with van der Waals surface area (Å²) in [5.74, 6) is -0.912. The van der Waals surface area contributed by atoms with E-state index in [1.165, 1.54) is 4.90 Å². The highest BCUT2D eigenvalue weighted by atomic mass is 79.9. The lowest BCUT2D eigenvalue weighted by atomic mass is 10.1. The van der Waals surface area contributed by atoms with E-state index >= 15 is 0 Å². The first-order chi connectivity index (χ1) is 10.4. The largest absolute Gasteiger partial charge is 0.480 e. The molecular weight excluding hydrogens is 390 g/mol. The topological polar surface area (TPSA) is 70.8 Å². The van der Waals surface area contributed by atoms with Crippen molar-refractivity contribution >= 4 is 62.2 Å². The first-order valence-electron chi connectivity index (χ1n) is 6.69. The van der Waals surface area contributed by atoms with Crippen LogP contribution < -0.4 is 0 Å². The maximum Gasteiger partial charge on any atom is 0.326 e. The highest BCUT2D eigenvalue weighted by Gasteiger charge is 2.40. The Morgan fingerprint density at radius 2 is 2.32 bits per heavy atom. The lowest BCUT2D eigenvalue weighted by molar-refractivity contribution is -0.145. The molecule has 1 aromatic rings. The van der Waals surface area contributed by atoms with E-state index in [0.29, 0.717) is 21.8 Å². The van der Waals surface area contributed by atoms with Gasteiger partial charge in [-0.3, -0.25) is 9.69 Å². The van der Waals surface area contributed by atoms with Gasteiger partial charge in [-0.05, 0) is 34.5 Å². The molecule has 1 atom stereocenters. The number of carboxylic acid groups (broad SMARTS) is 1. The van der Waals surface area contributed by atoms with Crippen LogP contribution in [0.2, 0.25) is 0 Å². The third kappa shape index (κ3) is 3.80. The number of thioether (sulfide) groups is 1. The summed E-state index contributed by atoms with van der Waals surface area (Å²) in [6.07, 6.45) is 3.54. The molecule has 1 saturated heterocycles. The van der Waals surface area contributed by atoms with Crippen molar-refractivity contribution in [2.24, 2.45) is 0 Å². The first kappa shape index (κ1) is 17.2. The molecule has 0 saturated carbocycles. The average Bonchev–Trinajstić information content (AvgIpc) is 2.97. The van der Waals surface area contributed by atoms with Gasteiger partial charge in [0.1, 0.15) is 16.1 Å². The minimum absolute atomic E-state index is 0.269. The van der Waals surface area contributed by atoms with Gasteiger partial charge in [-0.15, -0.1) is 0 Å². The Bertz CT molecular complexity index is 641. The van der Waals surface area contributed by atoms with Gasteiger partial charge in [0.05, 0.1) is 4.91 Å². The molecule has 0 aromatic carbocycles. The van der Waals surface area contributed by atoms with Crippen LogP contribution in [0.25, 0.3) is 6.08 Å². The zero-order valence-electron chi connectivity index (χ0n) is 11.7. The Balaban J connectivity index is 2.23. The summed E-state index contributed by atoms with van der Waals surface area (Å²) in [6.45, 7) is 1.97. The van der Waals surface area contributed by atoms with Gasteiger partial charge >= 0.3 is 5.97 Å². The maximum absolute atomic E-state index is 12.5. The van der Waals surface area contributed by atoms with E-state index in [2.05, 4.69) is 15.9 Å². The van der Waals surface area contributed by atoms with E-state index in [0.717, 1.165) is 24.6 Å². The Hall–Kier alpha value is -1.12. The molecule has 0 bridgehead atoms. The Kier molecular flexibility index (Phi) is 5.82. The molecule has 0 aliphatic carbocycles. The zero-order valence-corrected chi connectivity index (χ0v) is 15.0. The van der Waals surface area contributed by atoms with Crippen molar-refractivity contribution < 1.29 is 19.1 Å². The van der Waals surface area contributed by atoms with Gasteiger partial charge in [-0.25, -0.2) is 4.79 Å². The first-order valence-corrected chi connectivity index (χ1v) is 8.71. The fourth-order valence-corrected chi connectivity index (χ4v) is 3.70. The number of amides is 1. The number of thiocarbonyl (C=S) groups is 1. The fraction of sp³-hybridized carbons (Fsp3) is 0.357. The number of aliphatic carboxylic acids is 1. The predicted octanol–water partition coefficient (Wildman–Crippen LogP) is 3.89. The summed E-state index contributed by atoms with van der Waals surface area (Å²) in [6, 6.07) is 2.51. The van der Waals surface area contributed by atoms with Crippen molar-refractivity contribution in [1.82, 2.24) is 4.90 Å². The van der Waals surface area contributed by atoms with Crippen LogP contribution in [0, 0.1) is 0 Å². The fourth-order valence-electron chi connectivity index (χ4n) is 2.04. The molecule has 1 amide bonds. The van der Waals surface area contributed by atoms with Crippen LogP contribution in [0.5, 0.6) is 0 Å². The van der Waals surface area contributed by atoms with Gasteiger partial charge in [-0.2, -0.15) is 0 Å². The molecule has 2 heterocycles. The summed E-state index contributed by atoms with van der Waals surface area (Å²) in [5.41, 5.74) is 0. The number of carboxylic acids is 1. The van der Waals surface area contributed by atoms with Crippen LogP contribution in [0.4, 0.5) is 0 Å². The third-order valence-corrected chi connectivity index (χ3v) is 4.88. The van der Waals surface area contributed by atoms with Gasteiger partial charge in [0, 0.05) is 6.08 Å². The highest BCUT2D eigenvalue weighted by molar-refractivity contribution is 9.10. The summed E-state index contributed by atoms with van der Waals surface area (Å²) in [5, 5.41) is 9.37. The monoisotopic (exact) mass is 403 g/mol. The van der Waals surface area contributed by atoms with Crippen molar-refractivity contribution in [2.45, 2.75) is 32.2 Å². The Morgan fingerprint density at radius 1 is 1.59 bits per heavy atom.